The topological polar surface area (TPSA) is 68.9 Å². The molecule has 0 aliphatic carbocycles. The fourth-order valence-electron chi connectivity index (χ4n) is 2.04. The lowest BCUT2D eigenvalue weighted by Crippen LogP contribution is -2.16. The number of hydrogen-bond acceptors (Lipinski definition) is 3. The molecule has 0 saturated carbocycles. The van der Waals surface area contributed by atoms with Crippen LogP contribution in [0.5, 0.6) is 0 Å². The Morgan fingerprint density at radius 3 is 2.45 bits per heavy atom. The molecule has 0 spiro atoms. The quantitative estimate of drug-likeness (QED) is 0.927. The molecule has 2 rings (SSSR count). The van der Waals surface area contributed by atoms with E-state index in [-0.39, 0.29) is 5.82 Å². The van der Waals surface area contributed by atoms with Gasteiger partial charge < -0.3 is 5.73 Å². The molecule has 4 nitrogen and oxygen atoms in total. The molecule has 2 aromatic rings. The SMILES string of the molecule is CCC(C)c1ccc(-c2cc(C)nc(C(N)=O)n2)cc1. The second-order valence-electron chi connectivity index (χ2n) is 5.01. The summed E-state index contributed by atoms with van der Waals surface area (Å²) in [5.41, 5.74) is 8.97. The van der Waals surface area contributed by atoms with Crippen LogP contribution in [0, 0.1) is 6.92 Å². The van der Waals surface area contributed by atoms with Crippen molar-refractivity contribution in [1.29, 1.82) is 0 Å². The number of aryl methyl sites for hydroxylation is 1. The van der Waals surface area contributed by atoms with Crippen molar-refractivity contribution in [3.63, 3.8) is 0 Å². The Morgan fingerprint density at radius 2 is 1.90 bits per heavy atom. The van der Waals surface area contributed by atoms with Gasteiger partial charge >= 0.3 is 0 Å². The second-order valence-corrected chi connectivity index (χ2v) is 5.01. The van der Waals surface area contributed by atoms with Crippen LogP contribution < -0.4 is 5.73 Å². The van der Waals surface area contributed by atoms with Crippen LogP contribution >= 0.6 is 0 Å². The van der Waals surface area contributed by atoms with Crippen LogP contribution in [0.4, 0.5) is 0 Å². The van der Waals surface area contributed by atoms with Crippen molar-refractivity contribution in [1.82, 2.24) is 9.97 Å². The standard InChI is InChI=1S/C16H19N3O/c1-4-10(2)12-5-7-13(8-6-12)14-9-11(3)18-16(19-14)15(17)20/h5-10H,4H2,1-3H3,(H2,17,20). The highest BCUT2D eigenvalue weighted by molar-refractivity contribution is 5.89. The third-order valence-corrected chi connectivity index (χ3v) is 3.46. The number of carbonyl (C=O) groups is 1. The maximum atomic E-state index is 11.2. The summed E-state index contributed by atoms with van der Waals surface area (Å²) in [6, 6.07) is 10.1. The lowest BCUT2D eigenvalue weighted by atomic mass is 9.97. The molecule has 1 aromatic carbocycles. The molecular weight excluding hydrogens is 250 g/mol. The van der Waals surface area contributed by atoms with Gasteiger partial charge in [0.05, 0.1) is 5.69 Å². The van der Waals surface area contributed by atoms with Crippen LogP contribution in [0.15, 0.2) is 30.3 Å². The molecule has 0 radical (unpaired) electrons. The highest BCUT2D eigenvalue weighted by atomic mass is 16.1. The monoisotopic (exact) mass is 269 g/mol. The third kappa shape index (κ3) is 3.02. The summed E-state index contributed by atoms with van der Waals surface area (Å²) in [6.45, 7) is 6.20. The van der Waals surface area contributed by atoms with Gasteiger partial charge in [0.2, 0.25) is 5.82 Å². The summed E-state index contributed by atoms with van der Waals surface area (Å²) < 4.78 is 0. The minimum Gasteiger partial charge on any atom is -0.363 e. The molecule has 0 fully saturated rings. The molecule has 0 bridgehead atoms. The van der Waals surface area contributed by atoms with Gasteiger partial charge in [0.15, 0.2) is 0 Å². The molecule has 1 heterocycles. The lowest BCUT2D eigenvalue weighted by molar-refractivity contribution is 0.0990. The summed E-state index contributed by atoms with van der Waals surface area (Å²) in [5.74, 6) is -0.00505. The molecule has 4 heteroatoms. The summed E-state index contributed by atoms with van der Waals surface area (Å²) in [5, 5.41) is 0. The van der Waals surface area contributed by atoms with E-state index in [9.17, 15) is 4.79 Å². The molecule has 1 amide bonds. The van der Waals surface area contributed by atoms with Gasteiger partial charge in [-0.15, -0.1) is 0 Å². The van der Waals surface area contributed by atoms with Crippen molar-refractivity contribution < 1.29 is 4.79 Å². The first-order valence-corrected chi connectivity index (χ1v) is 6.77. The van der Waals surface area contributed by atoms with Gasteiger partial charge in [0.25, 0.3) is 5.91 Å². The first-order valence-electron chi connectivity index (χ1n) is 6.77. The Hall–Kier alpha value is -2.23. The number of carbonyl (C=O) groups excluding carboxylic acids is 1. The predicted octanol–water partition coefficient (Wildman–Crippen LogP) is 3.06. The summed E-state index contributed by atoms with van der Waals surface area (Å²) in [7, 11) is 0. The summed E-state index contributed by atoms with van der Waals surface area (Å²) in [4.78, 5) is 19.5. The minimum atomic E-state index is -0.605. The van der Waals surface area contributed by atoms with E-state index in [2.05, 4.69) is 35.9 Å². The number of rotatable bonds is 4. The maximum Gasteiger partial charge on any atom is 0.286 e. The van der Waals surface area contributed by atoms with Crippen LogP contribution in [-0.2, 0) is 0 Å². The van der Waals surface area contributed by atoms with Gasteiger partial charge in [-0.2, -0.15) is 0 Å². The van der Waals surface area contributed by atoms with E-state index in [1.165, 1.54) is 5.56 Å². The first kappa shape index (κ1) is 14.2. The fourth-order valence-corrected chi connectivity index (χ4v) is 2.04. The van der Waals surface area contributed by atoms with Gasteiger partial charge in [-0.3, -0.25) is 4.79 Å². The molecule has 1 atom stereocenters. The van der Waals surface area contributed by atoms with Crippen molar-refractivity contribution in [3.8, 4) is 11.3 Å². The van der Waals surface area contributed by atoms with Crippen LogP contribution in [-0.4, -0.2) is 15.9 Å². The molecular formula is C16H19N3O. The number of aromatic nitrogens is 2. The zero-order chi connectivity index (χ0) is 14.7. The zero-order valence-electron chi connectivity index (χ0n) is 12.1. The largest absolute Gasteiger partial charge is 0.363 e. The van der Waals surface area contributed by atoms with E-state index in [1.54, 1.807) is 0 Å². The average molecular weight is 269 g/mol. The Bertz CT molecular complexity index is 620. The van der Waals surface area contributed by atoms with Gasteiger partial charge in [-0.1, -0.05) is 38.1 Å². The Labute approximate surface area is 119 Å². The Morgan fingerprint density at radius 1 is 1.25 bits per heavy atom. The van der Waals surface area contributed by atoms with Crippen LogP contribution in [0.25, 0.3) is 11.3 Å². The number of benzene rings is 1. The van der Waals surface area contributed by atoms with Gasteiger partial charge in [-0.05, 0) is 30.9 Å². The first-order chi connectivity index (χ1) is 9.51. The molecule has 1 unspecified atom stereocenters. The average Bonchev–Trinajstić information content (AvgIpc) is 2.46. The minimum absolute atomic E-state index is 0.0611. The van der Waals surface area contributed by atoms with E-state index in [4.69, 9.17) is 5.73 Å². The highest BCUT2D eigenvalue weighted by Gasteiger charge is 2.09. The van der Waals surface area contributed by atoms with Gasteiger partial charge in [0, 0.05) is 11.3 Å². The highest BCUT2D eigenvalue weighted by Crippen LogP contribution is 2.23. The van der Waals surface area contributed by atoms with E-state index >= 15 is 0 Å². The Balaban J connectivity index is 2.39. The third-order valence-electron chi connectivity index (χ3n) is 3.46. The van der Waals surface area contributed by atoms with Gasteiger partial charge in [-0.25, -0.2) is 9.97 Å². The fraction of sp³-hybridized carbons (Fsp3) is 0.312. The zero-order valence-corrected chi connectivity index (χ0v) is 12.1. The van der Waals surface area contributed by atoms with E-state index in [0.717, 1.165) is 23.4 Å². The van der Waals surface area contributed by atoms with E-state index < -0.39 is 5.91 Å². The second kappa shape index (κ2) is 5.82. The van der Waals surface area contributed by atoms with Gasteiger partial charge in [0.1, 0.15) is 0 Å². The summed E-state index contributed by atoms with van der Waals surface area (Å²) >= 11 is 0. The number of primary amides is 1. The van der Waals surface area contributed by atoms with E-state index in [0.29, 0.717) is 5.92 Å². The molecule has 104 valence electrons. The number of hydrogen-bond donors (Lipinski definition) is 1. The van der Waals surface area contributed by atoms with Crippen molar-refractivity contribution in [2.75, 3.05) is 0 Å². The number of nitrogens with two attached hydrogens (primary N) is 1. The smallest absolute Gasteiger partial charge is 0.286 e. The lowest BCUT2D eigenvalue weighted by Gasteiger charge is -2.10. The molecule has 2 N–H and O–H groups in total. The molecule has 1 aromatic heterocycles. The molecule has 20 heavy (non-hydrogen) atoms. The molecule has 0 aliphatic heterocycles. The maximum absolute atomic E-state index is 11.2. The van der Waals surface area contributed by atoms with Crippen LogP contribution in [0.1, 0.15) is 48.1 Å². The normalized spacial score (nSPS) is 12.2. The predicted molar refractivity (Wildman–Crippen MR) is 79.4 cm³/mol. The Kier molecular flexibility index (Phi) is 4.13. The van der Waals surface area contributed by atoms with Crippen LogP contribution in [0.2, 0.25) is 0 Å². The summed E-state index contributed by atoms with van der Waals surface area (Å²) in [6.07, 6.45) is 1.11. The molecule has 0 aliphatic rings. The van der Waals surface area contributed by atoms with E-state index in [1.807, 2.05) is 25.1 Å². The molecule has 0 saturated heterocycles. The number of amides is 1. The van der Waals surface area contributed by atoms with Crippen LogP contribution in [0.3, 0.4) is 0 Å². The van der Waals surface area contributed by atoms with Crippen molar-refractivity contribution in [3.05, 3.63) is 47.4 Å². The van der Waals surface area contributed by atoms with Crippen molar-refractivity contribution >= 4 is 5.91 Å². The number of nitrogens with zero attached hydrogens (tertiary/aromatic N) is 2. The van der Waals surface area contributed by atoms with Crippen molar-refractivity contribution in [2.24, 2.45) is 5.73 Å². The van der Waals surface area contributed by atoms with Crippen molar-refractivity contribution in [2.45, 2.75) is 33.1 Å².